The summed E-state index contributed by atoms with van der Waals surface area (Å²) in [6, 6.07) is 6.11. The van der Waals surface area contributed by atoms with Crippen LogP contribution in [0.4, 0.5) is 5.13 Å². The van der Waals surface area contributed by atoms with Crippen molar-refractivity contribution in [2.75, 3.05) is 5.32 Å². The molecule has 4 atom stereocenters. The summed E-state index contributed by atoms with van der Waals surface area (Å²) in [4.78, 5) is 45.4. The van der Waals surface area contributed by atoms with Crippen LogP contribution in [0.5, 0.6) is 0 Å². The Labute approximate surface area is 190 Å². The number of thiazole rings is 1. The highest BCUT2D eigenvalue weighted by atomic mass is 32.2. The molecular formula is C22H26N4O3S2. The average Bonchev–Trinajstić information content (AvgIpc) is 3.41. The van der Waals surface area contributed by atoms with Gasteiger partial charge in [-0.1, -0.05) is 38.5 Å². The average molecular weight is 459 g/mol. The van der Waals surface area contributed by atoms with E-state index in [9.17, 15) is 14.4 Å². The van der Waals surface area contributed by atoms with Crippen LogP contribution in [-0.4, -0.2) is 44.4 Å². The van der Waals surface area contributed by atoms with Crippen molar-refractivity contribution in [3.8, 4) is 0 Å². The minimum atomic E-state index is -0.721. The normalized spacial score (nSPS) is 23.1. The molecule has 4 unspecified atom stereocenters. The molecule has 3 amide bonds. The molecule has 31 heavy (non-hydrogen) atoms. The molecule has 1 aromatic heterocycles. The second-order valence-corrected chi connectivity index (χ2v) is 11.1. The summed E-state index contributed by atoms with van der Waals surface area (Å²) >= 11 is 2.94. The number of nitrogens with one attached hydrogen (secondary N) is 2. The van der Waals surface area contributed by atoms with E-state index in [2.05, 4.69) is 15.6 Å². The largest absolute Gasteiger partial charge is 0.342 e. The molecule has 0 spiro atoms. The summed E-state index contributed by atoms with van der Waals surface area (Å²) in [5, 5.41) is 7.83. The van der Waals surface area contributed by atoms with E-state index in [0.29, 0.717) is 10.7 Å². The van der Waals surface area contributed by atoms with E-state index < -0.39 is 16.8 Å². The highest BCUT2D eigenvalue weighted by Crippen LogP contribution is 2.56. The summed E-state index contributed by atoms with van der Waals surface area (Å²) < 4.78 is -0.496. The molecule has 1 fully saturated rings. The van der Waals surface area contributed by atoms with Gasteiger partial charge in [-0.25, -0.2) is 4.98 Å². The predicted molar refractivity (Wildman–Crippen MR) is 123 cm³/mol. The summed E-state index contributed by atoms with van der Waals surface area (Å²) in [5.41, 5.74) is 1.59. The Morgan fingerprint density at radius 2 is 2.03 bits per heavy atom. The fourth-order valence-electron chi connectivity index (χ4n) is 4.21. The Balaban J connectivity index is 1.58. The van der Waals surface area contributed by atoms with Crippen LogP contribution in [0.2, 0.25) is 0 Å². The lowest BCUT2D eigenvalue weighted by Gasteiger charge is -2.32. The fraction of sp³-hybridized carbons (Fsp3) is 0.455. The summed E-state index contributed by atoms with van der Waals surface area (Å²) in [7, 11) is 0. The highest BCUT2D eigenvalue weighted by Gasteiger charge is 2.57. The maximum absolute atomic E-state index is 13.5. The molecule has 4 rings (SSSR count). The second kappa shape index (κ2) is 8.27. The van der Waals surface area contributed by atoms with Gasteiger partial charge in [0.15, 0.2) is 5.13 Å². The van der Waals surface area contributed by atoms with Crippen LogP contribution < -0.4 is 10.6 Å². The third-order valence-corrected chi connectivity index (χ3v) is 8.22. The van der Waals surface area contributed by atoms with Gasteiger partial charge in [-0.15, -0.1) is 23.1 Å². The van der Waals surface area contributed by atoms with Gasteiger partial charge in [0.25, 0.3) is 5.91 Å². The lowest BCUT2D eigenvalue weighted by atomic mass is 9.95. The van der Waals surface area contributed by atoms with Gasteiger partial charge in [0.05, 0.1) is 0 Å². The number of aromatic nitrogens is 1. The Bertz CT molecular complexity index is 1010. The van der Waals surface area contributed by atoms with Crippen LogP contribution in [0, 0.1) is 5.92 Å². The lowest BCUT2D eigenvalue weighted by molar-refractivity contribution is -0.131. The number of hydrogen-bond donors (Lipinski definition) is 2. The van der Waals surface area contributed by atoms with Crippen LogP contribution in [0.1, 0.15) is 55.4 Å². The van der Waals surface area contributed by atoms with Crippen LogP contribution in [0.25, 0.3) is 0 Å². The van der Waals surface area contributed by atoms with E-state index in [1.165, 1.54) is 11.3 Å². The summed E-state index contributed by atoms with van der Waals surface area (Å²) in [5.74, 6) is -0.816. The highest BCUT2D eigenvalue weighted by molar-refractivity contribution is 8.01. The number of thioether (sulfide) groups is 1. The molecule has 0 aliphatic carbocycles. The number of fused-ring (bicyclic) bond motifs is 3. The molecule has 7 nitrogen and oxygen atoms in total. The van der Waals surface area contributed by atoms with E-state index in [-0.39, 0.29) is 29.0 Å². The zero-order valence-corrected chi connectivity index (χ0v) is 19.5. The van der Waals surface area contributed by atoms with Gasteiger partial charge >= 0.3 is 0 Å². The van der Waals surface area contributed by atoms with E-state index in [0.717, 1.165) is 12.0 Å². The Morgan fingerprint density at radius 3 is 2.71 bits per heavy atom. The molecule has 2 aromatic rings. The number of carbonyl (C=O) groups excluding carboxylic acids is 3. The number of amides is 3. The maximum atomic E-state index is 13.5. The van der Waals surface area contributed by atoms with Gasteiger partial charge in [0.1, 0.15) is 17.5 Å². The minimum absolute atomic E-state index is 0.0802. The van der Waals surface area contributed by atoms with Crippen molar-refractivity contribution in [1.29, 1.82) is 0 Å². The molecule has 1 aromatic carbocycles. The summed E-state index contributed by atoms with van der Waals surface area (Å²) in [6.45, 7) is 7.86. The fourth-order valence-corrected chi connectivity index (χ4v) is 6.33. The van der Waals surface area contributed by atoms with Gasteiger partial charge in [-0.2, -0.15) is 0 Å². The zero-order chi connectivity index (χ0) is 22.3. The van der Waals surface area contributed by atoms with Crippen LogP contribution in [-0.2, 0) is 9.59 Å². The molecule has 0 bridgehead atoms. The lowest BCUT2D eigenvalue weighted by Crippen LogP contribution is -2.57. The van der Waals surface area contributed by atoms with Gasteiger partial charge in [-0.05, 0) is 31.4 Å². The first-order chi connectivity index (χ1) is 14.7. The van der Waals surface area contributed by atoms with Crippen LogP contribution >= 0.6 is 23.1 Å². The molecular weight excluding hydrogens is 432 g/mol. The number of carbonyl (C=O) groups is 3. The molecule has 0 saturated carbocycles. The van der Waals surface area contributed by atoms with Crippen molar-refractivity contribution in [1.82, 2.24) is 15.2 Å². The molecule has 2 N–H and O–H groups in total. The van der Waals surface area contributed by atoms with Gasteiger partial charge < -0.3 is 15.5 Å². The maximum Gasteiger partial charge on any atom is 0.256 e. The molecule has 2 aliphatic heterocycles. The van der Waals surface area contributed by atoms with Crippen molar-refractivity contribution in [2.45, 2.75) is 56.3 Å². The first kappa shape index (κ1) is 21.8. The Hall–Kier alpha value is -2.39. The molecule has 9 heteroatoms. The monoisotopic (exact) mass is 458 g/mol. The number of hydrogen-bond acceptors (Lipinski definition) is 6. The summed E-state index contributed by atoms with van der Waals surface area (Å²) in [6.07, 6.45) is 2.34. The van der Waals surface area contributed by atoms with Crippen molar-refractivity contribution >= 4 is 46.0 Å². The van der Waals surface area contributed by atoms with E-state index in [4.69, 9.17) is 0 Å². The van der Waals surface area contributed by atoms with E-state index >= 15 is 0 Å². The van der Waals surface area contributed by atoms with Crippen LogP contribution in [0.15, 0.2) is 35.8 Å². The number of anilines is 1. The minimum Gasteiger partial charge on any atom is -0.342 e. The number of rotatable bonds is 6. The third kappa shape index (κ3) is 3.85. The Kier molecular flexibility index (Phi) is 5.83. The number of benzene rings is 1. The van der Waals surface area contributed by atoms with Gasteiger partial charge in [0, 0.05) is 21.9 Å². The standard InChI is InChI=1S/C22H26N4O3S2/c1-5-12(2)15(17(27)25-21-23-10-11-30-21)24-18(28)16-22(3,4)31-20-14-9-7-6-8-13(14)19(29)26(16)20/h6-12,15-16,20H,5H2,1-4H3,(H,24,28)(H,23,25,27). The molecule has 0 radical (unpaired) electrons. The predicted octanol–water partition coefficient (Wildman–Crippen LogP) is 3.66. The van der Waals surface area contributed by atoms with Crippen molar-refractivity contribution in [3.05, 3.63) is 47.0 Å². The van der Waals surface area contributed by atoms with Crippen molar-refractivity contribution in [3.63, 3.8) is 0 Å². The third-order valence-electron chi connectivity index (χ3n) is 6.00. The smallest absolute Gasteiger partial charge is 0.256 e. The quantitative estimate of drug-likeness (QED) is 0.689. The number of nitrogens with zero attached hydrogens (tertiary/aromatic N) is 2. The van der Waals surface area contributed by atoms with Gasteiger partial charge in [0.2, 0.25) is 11.8 Å². The van der Waals surface area contributed by atoms with Crippen molar-refractivity contribution in [2.24, 2.45) is 5.92 Å². The second-order valence-electron chi connectivity index (χ2n) is 8.47. The molecule has 164 valence electrons. The SMILES string of the molecule is CCC(C)C(NC(=O)C1N2C(=O)c3ccccc3C2SC1(C)C)C(=O)Nc1nccs1. The van der Waals surface area contributed by atoms with E-state index in [1.54, 1.807) is 28.2 Å². The first-order valence-corrected chi connectivity index (χ1v) is 12.1. The van der Waals surface area contributed by atoms with E-state index in [1.807, 2.05) is 52.0 Å². The van der Waals surface area contributed by atoms with Crippen molar-refractivity contribution < 1.29 is 14.4 Å². The topological polar surface area (TPSA) is 91.4 Å². The zero-order valence-electron chi connectivity index (χ0n) is 17.9. The van der Waals surface area contributed by atoms with Gasteiger partial charge in [-0.3, -0.25) is 14.4 Å². The van der Waals surface area contributed by atoms with Crippen LogP contribution in [0.3, 0.4) is 0 Å². The molecule has 1 saturated heterocycles. The first-order valence-electron chi connectivity index (χ1n) is 10.3. The molecule has 2 aliphatic rings. The Morgan fingerprint density at radius 1 is 1.29 bits per heavy atom. The molecule has 3 heterocycles.